The first-order valence-corrected chi connectivity index (χ1v) is 7.33. The first-order valence-electron chi connectivity index (χ1n) is 5.93. The quantitative estimate of drug-likeness (QED) is 0.706. The van der Waals surface area contributed by atoms with Crippen LogP contribution in [0.1, 0.15) is 19.8 Å². The number of rotatable bonds is 2. The normalized spacial score (nSPS) is 30.4. The van der Waals surface area contributed by atoms with E-state index in [1.807, 2.05) is 0 Å². The molecule has 0 amide bonds. The fourth-order valence-electron chi connectivity index (χ4n) is 2.30. The van der Waals surface area contributed by atoms with Crippen LogP contribution in [0, 0.1) is 5.92 Å². The Bertz CT molecular complexity index is 325. The molecule has 0 aromatic rings. The molecule has 2 aliphatic rings. The predicted molar refractivity (Wildman–Crippen MR) is 61.3 cm³/mol. The summed E-state index contributed by atoms with van der Waals surface area (Å²) < 4.78 is 32.9. The van der Waals surface area contributed by atoms with Crippen molar-refractivity contribution in [3.63, 3.8) is 0 Å². The molecule has 1 atom stereocenters. The van der Waals surface area contributed by atoms with Crippen LogP contribution in [0.2, 0.25) is 0 Å². The van der Waals surface area contributed by atoms with Gasteiger partial charge in [0, 0.05) is 26.2 Å². The van der Waals surface area contributed by atoms with Crippen molar-refractivity contribution in [2.75, 3.05) is 39.4 Å². The molecule has 2 rings (SSSR count). The van der Waals surface area contributed by atoms with Crippen LogP contribution in [0.4, 0.5) is 0 Å². The van der Waals surface area contributed by atoms with Gasteiger partial charge in [-0.2, -0.15) is 17.0 Å². The minimum atomic E-state index is -3.23. The maximum Gasteiger partial charge on any atom is 0.282 e. The van der Waals surface area contributed by atoms with E-state index in [1.54, 1.807) is 8.61 Å². The van der Waals surface area contributed by atoms with E-state index in [0.29, 0.717) is 45.3 Å². The van der Waals surface area contributed by atoms with Gasteiger partial charge in [-0.15, -0.1) is 0 Å². The fourth-order valence-corrected chi connectivity index (χ4v) is 4.04. The van der Waals surface area contributed by atoms with Crippen molar-refractivity contribution in [1.82, 2.24) is 8.61 Å². The van der Waals surface area contributed by atoms with Crippen molar-refractivity contribution in [3.8, 4) is 0 Å². The number of hydrogen-bond donors (Lipinski definition) is 0. The zero-order valence-electron chi connectivity index (χ0n) is 9.76. The molecule has 0 aliphatic carbocycles. The van der Waals surface area contributed by atoms with Gasteiger partial charge in [-0.25, -0.2) is 0 Å². The minimum Gasteiger partial charge on any atom is -0.379 e. The lowest BCUT2D eigenvalue weighted by atomic mass is 10.0. The van der Waals surface area contributed by atoms with E-state index >= 15 is 0 Å². The van der Waals surface area contributed by atoms with Crippen LogP contribution in [-0.2, 0) is 14.9 Å². The lowest BCUT2D eigenvalue weighted by Crippen LogP contribution is -2.51. The molecule has 16 heavy (non-hydrogen) atoms. The van der Waals surface area contributed by atoms with Gasteiger partial charge < -0.3 is 4.74 Å². The molecule has 0 N–H and O–H groups in total. The third-order valence-electron chi connectivity index (χ3n) is 3.24. The molecule has 0 aromatic carbocycles. The average molecular weight is 248 g/mol. The first-order chi connectivity index (χ1) is 7.60. The van der Waals surface area contributed by atoms with Gasteiger partial charge in [0.25, 0.3) is 10.2 Å². The number of nitrogens with zero attached hydrogens (tertiary/aromatic N) is 2. The Morgan fingerprint density at radius 3 is 2.44 bits per heavy atom. The number of morpholine rings is 1. The average Bonchev–Trinajstić information content (AvgIpc) is 2.30. The van der Waals surface area contributed by atoms with E-state index in [2.05, 4.69) is 6.92 Å². The van der Waals surface area contributed by atoms with E-state index in [-0.39, 0.29) is 0 Å². The van der Waals surface area contributed by atoms with Crippen LogP contribution < -0.4 is 0 Å². The summed E-state index contributed by atoms with van der Waals surface area (Å²) in [4.78, 5) is 0. The van der Waals surface area contributed by atoms with Crippen molar-refractivity contribution >= 4 is 10.2 Å². The zero-order valence-corrected chi connectivity index (χ0v) is 10.6. The molecule has 2 heterocycles. The molecule has 1 unspecified atom stereocenters. The van der Waals surface area contributed by atoms with Crippen LogP contribution >= 0.6 is 0 Å². The van der Waals surface area contributed by atoms with Gasteiger partial charge in [0.1, 0.15) is 0 Å². The van der Waals surface area contributed by atoms with Crippen molar-refractivity contribution in [1.29, 1.82) is 0 Å². The highest BCUT2D eigenvalue weighted by molar-refractivity contribution is 7.86. The molecular formula is C10H20N2O3S. The van der Waals surface area contributed by atoms with Gasteiger partial charge in [0.15, 0.2) is 0 Å². The second-order valence-electron chi connectivity index (χ2n) is 4.62. The van der Waals surface area contributed by atoms with Gasteiger partial charge >= 0.3 is 0 Å². The predicted octanol–water partition coefficient (Wildman–Crippen LogP) is 0.295. The van der Waals surface area contributed by atoms with E-state index in [4.69, 9.17) is 4.74 Å². The number of hydrogen-bond acceptors (Lipinski definition) is 3. The molecule has 0 aromatic heterocycles. The summed E-state index contributed by atoms with van der Waals surface area (Å²) in [6, 6.07) is 0. The molecule has 0 radical (unpaired) electrons. The third kappa shape index (κ3) is 2.56. The van der Waals surface area contributed by atoms with E-state index in [1.165, 1.54) is 0 Å². The summed E-state index contributed by atoms with van der Waals surface area (Å²) in [6.07, 6.45) is 2.11. The standard InChI is InChI=1S/C10H20N2O3S/c1-10-3-2-4-12(9-10)16(13,14)11-5-7-15-8-6-11/h10H,2-9H2,1H3. The lowest BCUT2D eigenvalue weighted by molar-refractivity contribution is 0.0692. The molecule has 6 heteroatoms. The SMILES string of the molecule is CC1CCCN(S(=O)(=O)N2CCOCC2)C1. The van der Waals surface area contributed by atoms with Crippen molar-refractivity contribution in [2.45, 2.75) is 19.8 Å². The largest absolute Gasteiger partial charge is 0.379 e. The second-order valence-corrected chi connectivity index (χ2v) is 6.55. The molecule has 0 saturated carbocycles. The molecule has 2 aliphatic heterocycles. The summed E-state index contributed by atoms with van der Waals surface area (Å²) >= 11 is 0. The Balaban J connectivity index is 2.05. The minimum absolute atomic E-state index is 0.476. The van der Waals surface area contributed by atoms with Crippen LogP contribution in [-0.4, -0.2) is 56.4 Å². The smallest absolute Gasteiger partial charge is 0.282 e. The molecule has 0 spiro atoms. The molecular weight excluding hydrogens is 228 g/mol. The molecule has 0 bridgehead atoms. The fraction of sp³-hybridized carbons (Fsp3) is 1.00. The third-order valence-corrected chi connectivity index (χ3v) is 5.24. The van der Waals surface area contributed by atoms with E-state index in [9.17, 15) is 8.42 Å². The highest BCUT2D eigenvalue weighted by atomic mass is 32.2. The number of ether oxygens (including phenoxy) is 1. The topological polar surface area (TPSA) is 49.9 Å². The monoisotopic (exact) mass is 248 g/mol. The molecule has 94 valence electrons. The summed E-state index contributed by atoms with van der Waals surface area (Å²) in [5, 5.41) is 0. The second kappa shape index (κ2) is 5.00. The highest BCUT2D eigenvalue weighted by Crippen LogP contribution is 2.20. The van der Waals surface area contributed by atoms with Crippen LogP contribution in [0.5, 0.6) is 0 Å². The van der Waals surface area contributed by atoms with Gasteiger partial charge in [0.2, 0.25) is 0 Å². The summed E-state index contributed by atoms with van der Waals surface area (Å²) in [7, 11) is -3.23. The Labute approximate surface area is 97.5 Å². The van der Waals surface area contributed by atoms with Gasteiger partial charge in [-0.05, 0) is 18.8 Å². The van der Waals surface area contributed by atoms with Crippen molar-refractivity contribution in [3.05, 3.63) is 0 Å². The maximum absolute atomic E-state index is 12.3. The molecule has 2 saturated heterocycles. The molecule has 2 fully saturated rings. The summed E-state index contributed by atoms with van der Waals surface area (Å²) in [5.41, 5.74) is 0. The van der Waals surface area contributed by atoms with Crippen molar-refractivity contribution in [2.24, 2.45) is 5.92 Å². The Morgan fingerprint density at radius 1 is 1.12 bits per heavy atom. The first kappa shape index (κ1) is 12.3. The number of piperidine rings is 1. The van der Waals surface area contributed by atoms with Crippen LogP contribution in [0.3, 0.4) is 0 Å². The Kier molecular flexibility index (Phi) is 3.84. The zero-order chi connectivity index (χ0) is 11.6. The summed E-state index contributed by atoms with van der Waals surface area (Å²) in [5.74, 6) is 0.476. The maximum atomic E-state index is 12.3. The summed E-state index contributed by atoms with van der Waals surface area (Å²) in [6.45, 7) is 5.47. The van der Waals surface area contributed by atoms with E-state index < -0.39 is 10.2 Å². The highest BCUT2D eigenvalue weighted by Gasteiger charge is 2.33. The molecule has 5 nitrogen and oxygen atoms in total. The Morgan fingerprint density at radius 2 is 1.81 bits per heavy atom. The van der Waals surface area contributed by atoms with Crippen LogP contribution in [0.25, 0.3) is 0 Å². The van der Waals surface area contributed by atoms with Gasteiger partial charge in [-0.3, -0.25) is 0 Å². The Hall–Kier alpha value is -0.170. The lowest BCUT2D eigenvalue weighted by Gasteiger charge is -2.35. The van der Waals surface area contributed by atoms with Gasteiger partial charge in [-0.1, -0.05) is 6.92 Å². The van der Waals surface area contributed by atoms with E-state index in [0.717, 1.165) is 12.8 Å². The van der Waals surface area contributed by atoms with Gasteiger partial charge in [0.05, 0.1) is 13.2 Å². The van der Waals surface area contributed by atoms with Crippen molar-refractivity contribution < 1.29 is 13.2 Å². The van der Waals surface area contributed by atoms with Crippen LogP contribution in [0.15, 0.2) is 0 Å².